The topological polar surface area (TPSA) is 95.8 Å². The molecule has 1 unspecified atom stereocenters. The lowest BCUT2D eigenvalue weighted by molar-refractivity contribution is 0.177. The summed E-state index contributed by atoms with van der Waals surface area (Å²) in [4.78, 5) is 0. The first-order valence-corrected chi connectivity index (χ1v) is 12.8. The predicted molar refractivity (Wildman–Crippen MR) is 108 cm³/mol. The molecule has 29 heavy (non-hydrogen) atoms. The summed E-state index contributed by atoms with van der Waals surface area (Å²) in [6.07, 6.45) is 0.115. The van der Waals surface area contributed by atoms with Crippen molar-refractivity contribution in [2.24, 2.45) is 10.2 Å². The summed E-state index contributed by atoms with van der Waals surface area (Å²) in [6.45, 7) is 6.78. The quantitative estimate of drug-likeness (QED) is 0.375. The van der Waals surface area contributed by atoms with Crippen LogP contribution >= 0.6 is 15.2 Å². The van der Waals surface area contributed by atoms with Crippen molar-refractivity contribution in [3.8, 4) is 0 Å². The van der Waals surface area contributed by atoms with Gasteiger partial charge in [0.25, 0.3) is 5.02 Å². The van der Waals surface area contributed by atoms with Gasteiger partial charge in [0.2, 0.25) is 0 Å². The molecule has 164 valence electrons. The Morgan fingerprint density at radius 1 is 0.966 bits per heavy atom. The lowest BCUT2D eigenvalue weighted by Crippen LogP contribution is -2.31. The Morgan fingerprint density at radius 3 is 1.90 bits per heavy atom. The van der Waals surface area contributed by atoms with E-state index in [0.717, 1.165) is 0 Å². The second-order valence-electron chi connectivity index (χ2n) is 6.31. The molecule has 0 fully saturated rings. The Bertz CT molecular complexity index is 756. The predicted octanol–water partition coefficient (Wildman–Crippen LogP) is 5.78. The molecule has 0 radical (unpaired) electrons. The zero-order valence-electron chi connectivity index (χ0n) is 17.2. The molecular weight excluding hydrogens is 421 g/mol. The molecule has 2 rings (SSSR count). The van der Waals surface area contributed by atoms with E-state index >= 15 is 0 Å². The number of rotatable bonds is 12. The van der Waals surface area contributed by atoms with Crippen molar-refractivity contribution in [1.82, 2.24) is 0 Å². The summed E-state index contributed by atoms with van der Waals surface area (Å²) in [5, 5.41) is 6.41. The van der Waals surface area contributed by atoms with E-state index in [1.165, 1.54) is 6.07 Å². The average Bonchev–Trinajstić information content (AvgIpc) is 3.11. The maximum atomic E-state index is 14.1. The number of nitrogens with zero attached hydrogens (tertiary/aromatic N) is 2. The van der Waals surface area contributed by atoms with Crippen molar-refractivity contribution < 1.29 is 31.6 Å². The van der Waals surface area contributed by atoms with Gasteiger partial charge < -0.3 is 18.1 Å². The van der Waals surface area contributed by atoms with E-state index in [0.29, 0.717) is 5.56 Å². The molecule has 1 heterocycles. The van der Waals surface area contributed by atoms with E-state index in [-0.39, 0.29) is 45.1 Å². The van der Waals surface area contributed by atoms with Crippen LogP contribution in [0.2, 0.25) is 0 Å². The molecule has 1 aromatic rings. The molecular formula is C18H29FN2O6P2. The van der Waals surface area contributed by atoms with Crippen molar-refractivity contribution in [2.45, 2.75) is 51.6 Å². The lowest BCUT2D eigenvalue weighted by atomic mass is 10.0. The summed E-state index contributed by atoms with van der Waals surface area (Å²) >= 11 is 0. The summed E-state index contributed by atoms with van der Waals surface area (Å²) in [7, 11) is -8.20. The normalized spacial score (nSPS) is 19.0. The van der Waals surface area contributed by atoms with Crippen LogP contribution in [0, 0.1) is 5.82 Å². The number of hydrogen-bond donors (Lipinski definition) is 0. The van der Waals surface area contributed by atoms with E-state index < -0.39 is 26.3 Å². The molecule has 0 aromatic heterocycles. The van der Waals surface area contributed by atoms with Gasteiger partial charge in [-0.2, -0.15) is 10.2 Å². The first kappa shape index (κ1) is 24.3. The highest BCUT2D eigenvalue weighted by Crippen LogP contribution is 2.81. The molecule has 0 saturated carbocycles. The number of azo groups is 1. The molecule has 8 nitrogen and oxygen atoms in total. The number of hydrogen-bond acceptors (Lipinski definition) is 8. The highest BCUT2D eigenvalue weighted by molar-refractivity contribution is 7.74. The van der Waals surface area contributed by atoms with Gasteiger partial charge in [0.05, 0.1) is 32.5 Å². The molecule has 0 spiro atoms. The smallest absolute Gasteiger partial charge is 0.307 e. The molecule has 1 atom stereocenters. The van der Waals surface area contributed by atoms with Crippen LogP contribution in [0.4, 0.5) is 4.39 Å². The van der Waals surface area contributed by atoms with Gasteiger partial charge in [-0.1, -0.05) is 18.2 Å². The monoisotopic (exact) mass is 450 g/mol. The first-order chi connectivity index (χ1) is 13.8. The largest absolute Gasteiger partial charge is 0.372 e. The van der Waals surface area contributed by atoms with E-state index in [4.69, 9.17) is 18.1 Å². The SMILES string of the molecule is CCOP(=O)(OCC)C1(P(=O)(OCC)OCC)CC(Cc2ccccc2F)N=N1. The summed E-state index contributed by atoms with van der Waals surface area (Å²) in [5.74, 6) is -0.379. The van der Waals surface area contributed by atoms with Gasteiger partial charge in [-0.25, -0.2) is 4.39 Å². The molecule has 1 aliphatic rings. The van der Waals surface area contributed by atoms with Crippen LogP contribution in [0.5, 0.6) is 0 Å². The van der Waals surface area contributed by atoms with Crippen LogP contribution in [0.15, 0.2) is 34.5 Å². The summed E-state index contributed by atoms with van der Waals surface area (Å²) in [6, 6.07) is 5.71. The van der Waals surface area contributed by atoms with Crippen LogP contribution in [0.3, 0.4) is 0 Å². The molecule has 0 bridgehead atoms. The number of halogens is 1. The van der Waals surface area contributed by atoms with Crippen LogP contribution < -0.4 is 0 Å². The van der Waals surface area contributed by atoms with E-state index in [1.54, 1.807) is 45.9 Å². The highest BCUT2D eigenvalue weighted by atomic mass is 31.2. The second kappa shape index (κ2) is 10.4. The van der Waals surface area contributed by atoms with Gasteiger partial charge in [0.1, 0.15) is 5.82 Å². The van der Waals surface area contributed by atoms with Crippen LogP contribution in [0.25, 0.3) is 0 Å². The number of benzene rings is 1. The van der Waals surface area contributed by atoms with E-state index in [1.807, 2.05) is 0 Å². The van der Waals surface area contributed by atoms with Gasteiger partial charge in [0.15, 0.2) is 0 Å². The van der Waals surface area contributed by atoms with Gasteiger partial charge >= 0.3 is 15.2 Å². The third kappa shape index (κ3) is 4.87. The van der Waals surface area contributed by atoms with Crippen molar-refractivity contribution in [3.63, 3.8) is 0 Å². The fourth-order valence-electron chi connectivity index (χ4n) is 3.25. The second-order valence-corrected chi connectivity index (χ2v) is 11.2. The zero-order chi connectivity index (χ0) is 21.5. The van der Waals surface area contributed by atoms with Gasteiger partial charge in [0, 0.05) is 6.42 Å². The minimum absolute atomic E-state index is 0.0464. The third-order valence-electron chi connectivity index (χ3n) is 4.38. The zero-order valence-corrected chi connectivity index (χ0v) is 19.0. The molecule has 1 aliphatic heterocycles. The molecule has 11 heteroatoms. The van der Waals surface area contributed by atoms with E-state index in [9.17, 15) is 13.5 Å². The van der Waals surface area contributed by atoms with Gasteiger partial charge in [-0.05, 0) is 45.7 Å². The fourth-order valence-corrected chi connectivity index (χ4v) is 8.67. The maximum absolute atomic E-state index is 14.1. The van der Waals surface area contributed by atoms with Crippen molar-refractivity contribution in [1.29, 1.82) is 0 Å². The standard InChI is InChI=1S/C18H29FN2O6P2/c1-5-24-28(22,25-6-2)18(29(23,26-7-3)27-8-4)14-16(20-21-18)13-15-11-9-10-12-17(15)19/h9-12,16H,5-8,13-14H2,1-4H3. The van der Waals surface area contributed by atoms with Gasteiger partial charge in [-0.15, -0.1) is 0 Å². The Balaban J connectivity index is 2.49. The molecule has 0 N–H and O–H groups in total. The minimum atomic E-state index is -4.10. The van der Waals surface area contributed by atoms with Crippen molar-refractivity contribution in [3.05, 3.63) is 35.6 Å². The molecule has 0 aliphatic carbocycles. The highest BCUT2D eigenvalue weighted by Gasteiger charge is 2.69. The fraction of sp³-hybridized carbons (Fsp3) is 0.667. The Labute approximate surface area is 171 Å². The maximum Gasteiger partial charge on any atom is 0.372 e. The van der Waals surface area contributed by atoms with E-state index in [2.05, 4.69) is 10.2 Å². The van der Waals surface area contributed by atoms with Crippen LogP contribution in [-0.4, -0.2) is 37.5 Å². The Morgan fingerprint density at radius 2 is 1.45 bits per heavy atom. The minimum Gasteiger partial charge on any atom is -0.307 e. The van der Waals surface area contributed by atoms with Crippen molar-refractivity contribution >= 4 is 15.2 Å². The van der Waals surface area contributed by atoms with Crippen LogP contribution in [-0.2, 0) is 33.6 Å². The van der Waals surface area contributed by atoms with Gasteiger partial charge in [-0.3, -0.25) is 9.13 Å². The lowest BCUT2D eigenvalue weighted by Gasteiger charge is -2.36. The Hall–Kier alpha value is -0.950. The molecule has 1 aromatic carbocycles. The molecule has 0 amide bonds. The Kier molecular flexibility index (Phi) is 8.71. The first-order valence-electron chi connectivity index (χ1n) is 9.75. The summed E-state index contributed by atoms with van der Waals surface area (Å²) in [5.41, 5.74) is 0.428. The average molecular weight is 450 g/mol. The molecule has 0 saturated heterocycles. The van der Waals surface area contributed by atoms with Crippen molar-refractivity contribution in [2.75, 3.05) is 26.4 Å². The third-order valence-corrected chi connectivity index (χ3v) is 10.5. The summed E-state index contributed by atoms with van der Waals surface area (Å²) < 4.78 is 63.7. The van der Waals surface area contributed by atoms with Crippen LogP contribution in [0.1, 0.15) is 39.7 Å².